The van der Waals surface area contributed by atoms with Crippen molar-refractivity contribution in [2.75, 3.05) is 6.26 Å². The molecule has 0 radical (unpaired) electrons. The molecule has 28 heavy (non-hydrogen) atoms. The van der Waals surface area contributed by atoms with Crippen molar-refractivity contribution < 1.29 is 17.9 Å². The van der Waals surface area contributed by atoms with Gasteiger partial charge in [0.2, 0.25) is 0 Å². The van der Waals surface area contributed by atoms with E-state index in [0.717, 1.165) is 22.9 Å². The van der Waals surface area contributed by atoms with E-state index in [1.165, 1.54) is 4.57 Å². The highest BCUT2D eigenvalue weighted by molar-refractivity contribution is 7.98. The lowest BCUT2D eigenvalue weighted by atomic mass is 10.2. The van der Waals surface area contributed by atoms with Crippen LogP contribution in [0.2, 0.25) is 0 Å². The Morgan fingerprint density at radius 2 is 1.61 bits per heavy atom. The molecule has 2 aromatic carbocycles. The third-order valence-corrected chi connectivity index (χ3v) is 4.64. The Morgan fingerprint density at radius 1 is 1.04 bits per heavy atom. The van der Waals surface area contributed by atoms with Crippen molar-refractivity contribution >= 4 is 11.8 Å². The first-order valence-electron chi connectivity index (χ1n) is 8.33. The van der Waals surface area contributed by atoms with Crippen LogP contribution in [0.1, 0.15) is 16.8 Å². The maximum atomic E-state index is 12.9. The molecule has 146 valence electrons. The molecule has 3 rings (SSSR count). The second-order valence-corrected chi connectivity index (χ2v) is 6.88. The minimum atomic E-state index is -4.66. The number of halogens is 3. The Kier molecular flexibility index (Phi) is 5.79. The van der Waals surface area contributed by atoms with Gasteiger partial charge in [0.1, 0.15) is 11.5 Å². The van der Waals surface area contributed by atoms with Crippen LogP contribution >= 0.6 is 11.8 Å². The molecule has 0 aliphatic heterocycles. The minimum Gasteiger partial charge on any atom is -0.457 e. The molecule has 1 aromatic heterocycles. The zero-order chi connectivity index (χ0) is 20.3. The quantitative estimate of drug-likeness (QED) is 0.435. The number of benzene rings is 2. The van der Waals surface area contributed by atoms with Crippen LogP contribution in [-0.2, 0) is 12.7 Å². The van der Waals surface area contributed by atoms with Crippen LogP contribution < -0.4 is 10.3 Å². The number of rotatable bonds is 5. The third-order valence-electron chi connectivity index (χ3n) is 3.97. The van der Waals surface area contributed by atoms with Gasteiger partial charge in [-0.25, -0.2) is 4.98 Å². The molecule has 0 aliphatic carbocycles. The van der Waals surface area contributed by atoms with Crippen LogP contribution in [0.3, 0.4) is 0 Å². The Bertz CT molecular complexity index is 1010. The summed E-state index contributed by atoms with van der Waals surface area (Å²) in [5.41, 5.74) is -0.0512. The monoisotopic (exact) mass is 406 g/mol. The fourth-order valence-corrected chi connectivity index (χ4v) is 3.08. The van der Waals surface area contributed by atoms with Crippen molar-refractivity contribution in [1.82, 2.24) is 9.55 Å². The molecule has 0 atom stereocenters. The normalized spacial score (nSPS) is 11.5. The number of nitrogens with zero attached hydrogens (tertiary/aromatic N) is 2. The van der Waals surface area contributed by atoms with Crippen LogP contribution in [0.15, 0.2) is 64.5 Å². The summed E-state index contributed by atoms with van der Waals surface area (Å²) in [6, 6.07) is 15.1. The van der Waals surface area contributed by atoms with Gasteiger partial charge < -0.3 is 4.74 Å². The van der Waals surface area contributed by atoms with Gasteiger partial charge in [0.25, 0.3) is 5.56 Å². The molecule has 0 bridgehead atoms. The number of aromatic nitrogens is 2. The summed E-state index contributed by atoms with van der Waals surface area (Å²) < 4.78 is 45.5. The first-order valence-corrected chi connectivity index (χ1v) is 9.55. The van der Waals surface area contributed by atoms with Crippen LogP contribution in [0.5, 0.6) is 11.5 Å². The molecule has 0 saturated heterocycles. The molecule has 0 N–H and O–H groups in total. The van der Waals surface area contributed by atoms with Gasteiger partial charge in [0.15, 0.2) is 10.9 Å². The summed E-state index contributed by atoms with van der Waals surface area (Å²) >= 11 is 0.992. The predicted molar refractivity (Wildman–Crippen MR) is 102 cm³/mol. The average molecular weight is 406 g/mol. The van der Waals surface area contributed by atoms with Crippen LogP contribution in [0, 0.1) is 6.92 Å². The average Bonchev–Trinajstić information content (AvgIpc) is 2.65. The minimum absolute atomic E-state index is 0.0137. The Hall–Kier alpha value is -2.74. The number of hydrogen-bond acceptors (Lipinski definition) is 4. The van der Waals surface area contributed by atoms with Crippen LogP contribution in [0.4, 0.5) is 13.2 Å². The first-order chi connectivity index (χ1) is 13.3. The SMILES string of the molecule is CSc1nc(C(F)(F)F)cc(=O)n1Cc1ccc(Oc2ccc(C)cc2)cc1. The van der Waals surface area contributed by atoms with Crippen LogP contribution in [0.25, 0.3) is 0 Å². The molecular formula is C20H17F3N2O2S. The maximum Gasteiger partial charge on any atom is 0.433 e. The molecule has 0 amide bonds. The standard InChI is InChI=1S/C20H17F3N2O2S/c1-13-3-7-15(8-4-13)27-16-9-5-14(6-10-16)12-25-18(26)11-17(20(21,22)23)24-19(25)28-2/h3-11H,12H2,1-2H3. The molecule has 3 aromatic rings. The van der Waals surface area contributed by atoms with Crippen molar-refractivity contribution in [3.63, 3.8) is 0 Å². The van der Waals surface area contributed by atoms with E-state index >= 15 is 0 Å². The maximum absolute atomic E-state index is 12.9. The fraction of sp³-hybridized carbons (Fsp3) is 0.200. The van der Waals surface area contributed by atoms with Gasteiger partial charge >= 0.3 is 6.18 Å². The van der Waals surface area contributed by atoms with Gasteiger partial charge in [0, 0.05) is 6.07 Å². The van der Waals surface area contributed by atoms with Gasteiger partial charge in [-0.15, -0.1) is 0 Å². The van der Waals surface area contributed by atoms with Crippen molar-refractivity contribution in [1.29, 1.82) is 0 Å². The number of hydrogen-bond donors (Lipinski definition) is 0. The third kappa shape index (κ3) is 4.75. The highest BCUT2D eigenvalue weighted by Crippen LogP contribution is 2.28. The summed E-state index contributed by atoms with van der Waals surface area (Å²) in [7, 11) is 0. The molecular weight excluding hydrogens is 389 g/mol. The summed E-state index contributed by atoms with van der Waals surface area (Å²) in [6.07, 6.45) is -3.07. The van der Waals surface area contributed by atoms with Gasteiger partial charge in [-0.3, -0.25) is 9.36 Å². The van der Waals surface area contributed by atoms with E-state index < -0.39 is 17.4 Å². The molecule has 8 heteroatoms. The van der Waals surface area contributed by atoms with E-state index in [2.05, 4.69) is 4.98 Å². The summed E-state index contributed by atoms with van der Waals surface area (Å²) in [5.74, 6) is 1.32. The number of aryl methyl sites for hydroxylation is 1. The Morgan fingerprint density at radius 3 is 2.14 bits per heavy atom. The summed E-state index contributed by atoms with van der Waals surface area (Å²) in [6.45, 7) is 2.10. The smallest absolute Gasteiger partial charge is 0.433 e. The van der Waals surface area contributed by atoms with E-state index in [-0.39, 0.29) is 11.7 Å². The van der Waals surface area contributed by atoms with E-state index in [4.69, 9.17) is 4.74 Å². The van der Waals surface area contributed by atoms with Crippen LogP contribution in [-0.4, -0.2) is 15.8 Å². The lowest BCUT2D eigenvalue weighted by molar-refractivity contribution is -0.141. The Balaban J connectivity index is 1.80. The number of thioether (sulfide) groups is 1. The Labute approximate surface area is 164 Å². The molecule has 0 spiro atoms. The van der Waals surface area contributed by atoms with Gasteiger partial charge in [-0.1, -0.05) is 41.6 Å². The molecule has 0 saturated carbocycles. The molecule has 0 unspecified atom stereocenters. The second kappa shape index (κ2) is 8.10. The topological polar surface area (TPSA) is 44.1 Å². The lowest BCUT2D eigenvalue weighted by Crippen LogP contribution is -2.26. The van der Waals surface area contributed by atoms with Crippen molar-refractivity contribution in [2.24, 2.45) is 0 Å². The lowest BCUT2D eigenvalue weighted by Gasteiger charge is -2.13. The zero-order valence-corrected chi connectivity index (χ0v) is 16.0. The highest BCUT2D eigenvalue weighted by Gasteiger charge is 2.34. The van der Waals surface area contributed by atoms with E-state index in [9.17, 15) is 18.0 Å². The largest absolute Gasteiger partial charge is 0.457 e. The van der Waals surface area contributed by atoms with Gasteiger partial charge in [-0.05, 0) is 43.0 Å². The second-order valence-electron chi connectivity index (χ2n) is 6.11. The predicted octanol–water partition coefficient (Wildman–Crippen LogP) is 5.13. The fourth-order valence-electron chi connectivity index (χ4n) is 2.52. The summed E-state index contributed by atoms with van der Waals surface area (Å²) in [5, 5.41) is 0.0137. The molecule has 0 fully saturated rings. The van der Waals surface area contributed by atoms with E-state index in [0.29, 0.717) is 17.6 Å². The molecule has 0 aliphatic rings. The number of alkyl halides is 3. The first kappa shape index (κ1) is 20.0. The highest BCUT2D eigenvalue weighted by atomic mass is 32.2. The molecule has 4 nitrogen and oxygen atoms in total. The van der Waals surface area contributed by atoms with Crippen molar-refractivity contribution in [3.8, 4) is 11.5 Å². The van der Waals surface area contributed by atoms with E-state index in [1.807, 2.05) is 31.2 Å². The van der Waals surface area contributed by atoms with Crippen molar-refractivity contribution in [2.45, 2.75) is 24.8 Å². The van der Waals surface area contributed by atoms with E-state index in [1.54, 1.807) is 30.5 Å². The van der Waals surface area contributed by atoms with Gasteiger partial charge in [0.05, 0.1) is 6.54 Å². The van der Waals surface area contributed by atoms with Gasteiger partial charge in [-0.2, -0.15) is 13.2 Å². The summed E-state index contributed by atoms with van der Waals surface area (Å²) in [4.78, 5) is 15.8. The molecule has 1 heterocycles. The number of ether oxygens (including phenoxy) is 1. The zero-order valence-electron chi connectivity index (χ0n) is 15.2. The van der Waals surface area contributed by atoms with Crippen molar-refractivity contribution in [3.05, 3.63) is 81.8 Å².